The van der Waals surface area contributed by atoms with E-state index >= 15 is 0 Å². The van der Waals surface area contributed by atoms with Crippen molar-refractivity contribution in [2.45, 2.75) is 30.2 Å². The van der Waals surface area contributed by atoms with Crippen molar-refractivity contribution in [3.05, 3.63) is 84.7 Å². The van der Waals surface area contributed by atoms with Crippen LogP contribution in [0.1, 0.15) is 24.6 Å². The van der Waals surface area contributed by atoms with Crippen molar-refractivity contribution in [2.75, 3.05) is 24.3 Å². The van der Waals surface area contributed by atoms with Gasteiger partial charge in [0.1, 0.15) is 11.6 Å². The summed E-state index contributed by atoms with van der Waals surface area (Å²) in [6.07, 6.45) is 3.40. The van der Waals surface area contributed by atoms with Gasteiger partial charge < -0.3 is 14.2 Å². The minimum Gasteiger partial charge on any atom is -0.494 e. The molecule has 168 valence electrons. The number of thioether (sulfide) groups is 1. The van der Waals surface area contributed by atoms with Crippen molar-refractivity contribution in [2.24, 2.45) is 0 Å². The molecule has 33 heavy (non-hydrogen) atoms. The van der Waals surface area contributed by atoms with E-state index in [9.17, 15) is 4.79 Å². The number of nitrogens with zero attached hydrogens (tertiary/aromatic N) is 3. The first-order valence-corrected chi connectivity index (χ1v) is 12.5. The zero-order valence-corrected chi connectivity index (χ0v) is 19.5. The molecule has 1 saturated heterocycles. The molecule has 0 unspecified atom stereocenters. The molecule has 1 aliphatic heterocycles. The molecule has 1 amide bonds. The molecule has 1 aliphatic rings. The van der Waals surface area contributed by atoms with E-state index in [1.165, 1.54) is 0 Å². The Bertz CT molecular complexity index is 1250. The quantitative estimate of drug-likeness (QED) is 0.250. The van der Waals surface area contributed by atoms with Crippen LogP contribution in [0, 0.1) is 0 Å². The molecule has 4 aromatic rings. The van der Waals surface area contributed by atoms with Gasteiger partial charge in [-0.1, -0.05) is 36.4 Å². The Balaban J connectivity index is 1.36. The lowest BCUT2D eigenvalue weighted by Gasteiger charge is -2.18. The molecule has 5 nitrogen and oxygen atoms in total. The second-order valence-electron chi connectivity index (χ2n) is 8.23. The van der Waals surface area contributed by atoms with Gasteiger partial charge in [0, 0.05) is 36.0 Å². The predicted molar refractivity (Wildman–Crippen MR) is 134 cm³/mol. The number of anilines is 1. The molecule has 1 aromatic heterocycles. The van der Waals surface area contributed by atoms with Crippen LogP contribution in [0.4, 0.5) is 5.69 Å². The molecule has 5 rings (SSSR count). The van der Waals surface area contributed by atoms with Crippen molar-refractivity contribution in [3.63, 3.8) is 0 Å². The van der Waals surface area contributed by atoms with Gasteiger partial charge in [-0.15, -0.1) is 11.8 Å². The fourth-order valence-electron chi connectivity index (χ4n) is 4.48. The average Bonchev–Trinajstić information content (AvgIpc) is 3.43. The molecule has 0 spiro atoms. The van der Waals surface area contributed by atoms with Gasteiger partial charge in [-0.25, -0.2) is 4.98 Å². The van der Waals surface area contributed by atoms with Crippen LogP contribution >= 0.6 is 11.8 Å². The summed E-state index contributed by atoms with van der Waals surface area (Å²) in [7, 11) is 0. The number of carbonyl (C=O) groups excluding carboxylic acids is 1. The van der Waals surface area contributed by atoms with Crippen molar-refractivity contribution < 1.29 is 9.53 Å². The van der Waals surface area contributed by atoms with E-state index in [1.54, 1.807) is 11.8 Å². The third kappa shape index (κ3) is 4.62. The number of hydrogen-bond acceptors (Lipinski definition) is 4. The van der Waals surface area contributed by atoms with E-state index in [1.807, 2.05) is 65.6 Å². The lowest BCUT2D eigenvalue weighted by molar-refractivity contribution is -0.117. The first-order valence-electron chi connectivity index (χ1n) is 11.3. The highest BCUT2D eigenvalue weighted by Gasteiger charge is 2.34. The van der Waals surface area contributed by atoms with Crippen LogP contribution in [0.3, 0.4) is 0 Å². The molecule has 6 heteroatoms. The van der Waals surface area contributed by atoms with Crippen LogP contribution in [0.15, 0.2) is 83.8 Å². The Labute approximate surface area is 198 Å². The van der Waals surface area contributed by atoms with E-state index in [-0.39, 0.29) is 11.8 Å². The summed E-state index contributed by atoms with van der Waals surface area (Å²) >= 11 is 1.69. The van der Waals surface area contributed by atoms with Gasteiger partial charge >= 0.3 is 0 Å². The van der Waals surface area contributed by atoms with Crippen LogP contribution in [0.25, 0.3) is 11.0 Å². The van der Waals surface area contributed by atoms with Crippen molar-refractivity contribution in [1.82, 2.24) is 9.55 Å². The molecule has 0 aliphatic carbocycles. The molecule has 1 atom stereocenters. The summed E-state index contributed by atoms with van der Waals surface area (Å²) in [6, 6.07) is 26.3. The molecule has 3 aromatic carbocycles. The van der Waals surface area contributed by atoms with Crippen molar-refractivity contribution in [3.8, 4) is 5.75 Å². The number of hydrogen-bond donors (Lipinski definition) is 0. The molecule has 0 saturated carbocycles. The summed E-state index contributed by atoms with van der Waals surface area (Å²) in [6.45, 7) is 2.09. The Morgan fingerprint density at radius 1 is 1.03 bits per heavy atom. The number of para-hydroxylation sites is 3. The van der Waals surface area contributed by atoms with Crippen LogP contribution in [0.5, 0.6) is 5.75 Å². The Kier molecular flexibility index (Phi) is 6.35. The Morgan fingerprint density at radius 3 is 2.70 bits per heavy atom. The van der Waals surface area contributed by atoms with Gasteiger partial charge in [-0.3, -0.25) is 4.79 Å². The van der Waals surface area contributed by atoms with Crippen LogP contribution in [-0.2, 0) is 11.3 Å². The van der Waals surface area contributed by atoms with Gasteiger partial charge in [0.15, 0.2) is 0 Å². The highest BCUT2D eigenvalue weighted by atomic mass is 32.2. The number of ether oxygens (including phenoxy) is 1. The lowest BCUT2D eigenvalue weighted by Crippen LogP contribution is -2.24. The van der Waals surface area contributed by atoms with E-state index in [0.717, 1.165) is 46.2 Å². The number of aryl methyl sites for hydroxylation is 1. The largest absolute Gasteiger partial charge is 0.494 e. The van der Waals surface area contributed by atoms with E-state index in [0.29, 0.717) is 19.6 Å². The summed E-state index contributed by atoms with van der Waals surface area (Å²) in [4.78, 5) is 21.0. The molecule has 0 N–H and O–H groups in total. The summed E-state index contributed by atoms with van der Waals surface area (Å²) in [5.74, 6) is 2.10. The zero-order valence-electron chi connectivity index (χ0n) is 18.7. The number of benzene rings is 3. The van der Waals surface area contributed by atoms with Crippen molar-refractivity contribution in [1.29, 1.82) is 0 Å². The highest BCUT2D eigenvalue weighted by molar-refractivity contribution is 7.98. The molecular formula is C27H27N3O2S. The SMILES string of the molecule is CSc1cccc(N2C[C@H](c3nc4ccccc4n3CCCOc3ccccc3)CC2=O)c1. The topological polar surface area (TPSA) is 47.4 Å². The fraction of sp³-hybridized carbons (Fsp3) is 0.259. The third-order valence-electron chi connectivity index (χ3n) is 6.08. The Morgan fingerprint density at radius 2 is 1.85 bits per heavy atom. The van der Waals surface area contributed by atoms with E-state index < -0.39 is 0 Å². The van der Waals surface area contributed by atoms with Gasteiger partial charge in [0.05, 0.1) is 17.6 Å². The standard InChI is InChI=1S/C27H27N3O2S/c1-33-23-12-7-9-21(18-23)30-19-20(17-26(30)31)27-28-24-13-5-6-14-25(24)29(27)15-8-16-32-22-10-3-2-4-11-22/h2-7,9-14,18,20H,8,15-17,19H2,1H3/t20-/m1/s1. The smallest absolute Gasteiger partial charge is 0.227 e. The molecule has 0 bridgehead atoms. The second kappa shape index (κ2) is 9.71. The minimum atomic E-state index is 0.0675. The minimum absolute atomic E-state index is 0.0675. The number of carbonyl (C=O) groups is 1. The maximum Gasteiger partial charge on any atom is 0.227 e. The summed E-state index contributed by atoms with van der Waals surface area (Å²) in [5.41, 5.74) is 3.06. The third-order valence-corrected chi connectivity index (χ3v) is 6.80. The van der Waals surface area contributed by atoms with Gasteiger partial charge in [0.2, 0.25) is 5.91 Å². The van der Waals surface area contributed by atoms with Crippen LogP contribution in [0.2, 0.25) is 0 Å². The number of aromatic nitrogens is 2. The number of amides is 1. The number of rotatable bonds is 8. The summed E-state index contributed by atoms with van der Waals surface area (Å²) in [5, 5.41) is 0. The average molecular weight is 458 g/mol. The number of imidazole rings is 1. The van der Waals surface area contributed by atoms with E-state index in [4.69, 9.17) is 9.72 Å². The first-order chi connectivity index (χ1) is 16.2. The number of fused-ring (bicyclic) bond motifs is 1. The van der Waals surface area contributed by atoms with Crippen LogP contribution < -0.4 is 9.64 Å². The first kappa shape index (κ1) is 21.6. The lowest BCUT2D eigenvalue weighted by atomic mass is 10.1. The molecule has 1 fully saturated rings. The highest BCUT2D eigenvalue weighted by Crippen LogP contribution is 2.34. The molecular weight excluding hydrogens is 430 g/mol. The zero-order chi connectivity index (χ0) is 22.6. The predicted octanol–water partition coefficient (Wildman–Crippen LogP) is 5.75. The van der Waals surface area contributed by atoms with Crippen LogP contribution in [-0.4, -0.2) is 34.9 Å². The Hall–Kier alpha value is -3.25. The summed E-state index contributed by atoms with van der Waals surface area (Å²) < 4.78 is 8.18. The monoisotopic (exact) mass is 457 g/mol. The maximum atomic E-state index is 13.0. The normalized spacial score (nSPS) is 16.0. The van der Waals surface area contributed by atoms with Crippen molar-refractivity contribution >= 4 is 34.4 Å². The second-order valence-corrected chi connectivity index (χ2v) is 9.11. The molecule has 2 heterocycles. The molecule has 0 radical (unpaired) electrons. The van der Waals surface area contributed by atoms with Gasteiger partial charge in [-0.05, 0) is 55.1 Å². The van der Waals surface area contributed by atoms with Gasteiger partial charge in [0.25, 0.3) is 0 Å². The fourth-order valence-corrected chi connectivity index (χ4v) is 4.93. The maximum absolute atomic E-state index is 13.0. The van der Waals surface area contributed by atoms with E-state index in [2.05, 4.69) is 29.0 Å². The van der Waals surface area contributed by atoms with Gasteiger partial charge in [-0.2, -0.15) is 0 Å².